The monoisotopic (exact) mass is 507 g/mol. The Morgan fingerprint density at radius 1 is 1.18 bits per heavy atom. The molecule has 1 aliphatic heterocycles. The minimum absolute atomic E-state index is 0. The molecule has 1 atom stereocenters. The van der Waals surface area contributed by atoms with E-state index in [1.54, 1.807) is 11.9 Å². The van der Waals surface area contributed by atoms with Crippen LogP contribution >= 0.6 is 24.0 Å². The van der Waals surface area contributed by atoms with Crippen LogP contribution in [-0.4, -0.2) is 75.5 Å². The normalized spacial score (nSPS) is 22.4. The van der Waals surface area contributed by atoms with E-state index in [0.717, 1.165) is 50.5 Å². The van der Waals surface area contributed by atoms with Gasteiger partial charge in [0.05, 0.1) is 5.41 Å². The summed E-state index contributed by atoms with van der Waals surface area (Å²) in [7, 11) is 5.52. The molecule has 164 valence electrons. The number of likely N-dealkylation sites (tertiary alicyclic amines) is 1. The highest BCUT2D eigenvalue weighted by atomic mass is 127. The van der Waals surface area contributed by atoms with Gasteiger partial charge in [0.1, 0.15) is 0 Å². The van der Waals surface area contributed by atoms with E-state index in [1.807, 2.05) is 14.1 Å². The molecule has 2 rings (SSSR count). The third kappa shape index (κ3) is 7.69. The second kappa shape index (κ2) is 12.9. The first-order chi connectivity index (χ1) is 13.0. The van der Waals surface area contributed by atoms with Crippen LogP contribution in [0.15, 0.2) is 4.99 Å². The fourth-order valence-electron chi connectivity index (χ4n) is 4.62. The number of piperidine rings is 1. The standard InChI is InChI=1S/C21H41N5O.HI/c1-18-10-9-15-26(16-18)14-8-7-13-23-20(22-2)24-17-21(11-5-6-12-21)19(27)25(3)4;/h18H,5-17H2,1-4H3,(H2,22,23,24);1H. The number of rotatable bonds is 8. The number of aliphatic imine (C=N–C) groups is 1. The highest BCUT2D eigenvalue weighted by Gasteiger charge is 2.42. The van der Waals surface area contributed by atoms with E-state index < -0.39 is 0 Å². The Bertz CT molecular complexity index is 491. The minimum Gasteiger partial charge on any atom is -0.356 e. The summed E-state index contributed by atoms with van der Waals surface area (Å²) < 4.78 is 0. The van der Waals surface area contributed by atoms with Crippen molar-refractivity contribution in [2.24, 2.45) is 16.3 Å². The van der Waals surface area contributed by atoms with Crippen LogP contribution in [0, 0.1) is 11.3 Å². The van der Waals surface area contributed by atoms with E-state index >= 15 is 0 Å². The largest absolute Gasteiger partial charge is 0.356 e. The summed E-state index contributed by atoms with van der Waals surface area (Å²) in [5.74, 6) is 1.92. The topological polar surface area (TPSA) is 60.0 Å². The van der Waals surface area contributed by atoms with Gasteiger partial charge in [-0.1, -0.05) is 19.8 Å². The maximum atomic E-state index is 12.7. The molecule has 0 spiro atoms. The fourth-order valence-corrected chi connectivity index (χ4v) is 4.62. The lowest BCUT2D eigenvalue weighted by molar-refractivity contribution is -0.138. The quantitative estimate of drug-likeness (QED) is 0.230. The SMILES string of the molecule is CN=C(NCCCCN1CCCC(C)C1)NCC1(C(=O)N(C)C)CCCC1.I. The molecule has 2 N–H and O–H groups in total. The van der Waals surface area contributed by atoms with Crippen molar-refractivity contribution in [3.8, 4) is 0 Å². The highest BCUT2D eigenvalue weighted by Crippen LogP contribution is 2.38. The van der Waals surface area contributed by atoms with Gasteiger partial charge in [-0.05, 0) is 57.5 Å². The molecule has 2 aliphatic rings. The van der Waals surface area contributed by atoms with Crippen molar-refractivity contribution in [2.75, 3.05) is 53.9 Å². The maximum Gasteiger partial charge on any atom is 0.230 e. The number of hydrogen-bond acceptors (Lipinski definition) is 3. The van der Waals surface area contributed by atoms with Crippen LogP contribution in [0.25, 0.3) is 0 Å². The molecule has 2 fully saturated rings. The zero-order valence-electron chi connectivity index (χ0n) is 18.4. The summed E-state index contributed by atoms with van der Waals surface area (Å²) in [6.07, 6.45) is 9.34. The summed E-state index contributed by atoms with van der Waals surface area (Å²) >= 11 is 0. The maximum absolute atomic E-state index is 12.7. The fraction of sp³-hybridized carbons (Fsp3) is 0.905. The van der Waals surface area contributed by atoms with E-state index in [4.69, 9.17) is 0 Å². The van der Waals surface area contributed by atoms with Crippen LogP contribution in [0.4, 0.5) is 0 Å². The van der Waals surface area contributed by atoms with E-state index in [9.17, 15) is 4.79 Å². The van der Waals surface area contributed by atoms with Gasteiger partial charge in [-0.15, -0.1) is 24.0 Å². The van der Waals surface area contributed by atoms with Gasteiger partial charge < -0.3 is 20.4 Å². The van der Waals surface area contributed by atoms with E-state index in [2.05, 4.69) is 27.4 Å². The van der Waals surface area contributed by atoms with E-state index in [0.29, 0.717) is 6.54 Å². The number of carbonyl (C=O) groups is 1. The van der Waals surface area contributed by atoms with Crippen molar-refractivity contribution >= 4 is 35.8 Å². The Hall–Kier alpha value is -0.570. The van der Waals surface area contributed by atoms with Crippen LogP contribution in [0.5, 0.6) is 0 Å². The molecule has 1 saturated carbocycles. The van der Waals surface area contributed by atoms with E-state index in [-0.39, 0.29) is 35.3 Å². The highest BCUT2D eigenvalue weighted by molar-refractivity contribution is 14.0. The molecule has 1 amide bonds. The zero-order valence-corrected chi connectivity index (χ0v) is 20.8. The number of nitrogens with one attached hydrogen (secondary N) is 2. The van der Waals surface area contributed by atoms with Crippen LogP contribution in [0.1, 0.15) is 58.3 Å². The molecule has 0 aromatic rings. The van der Waals surface area contributed by atoms with Crippen molar-refractivity contribution in [3.63, 3.8) is 0 Å². The smallest absolute Gasteiger partial charge is 0.230 e. The van der Waals surface area contributed by atoms with Gasteiger partial charge in [-0.2, -0.15) is 0 Å². The molecule has 1 aliphatic carbocycles. The Balaban J connectivity index is 0.00000392. The molecule has 0 aromatic heterocycles. The summed E-state index contributed by atoms with van der Waals surface area (Å²) in [5.41, 5.74) is -0.258. The Morgan fingerprint density at radius 3 is 2.50 bits per heavy atom. The number of halogens is 1. The summed E-state index contributed by atoms with van der Waals surface area (Å²) in [6.45, 7) is 7.70. The molecule has 1 unspecified atom stereocenters. The molecule has 1 saturated heterocycles. The number of carbonyl (C=O) groups excluding carboxylic acids is 1. The molecule has 0 aromatic carbocycles. The zero-order chi connectivity index (χ0) is 19.7. The first-order valence-electron chi connectivity index (χ1n) is 10.9. The van der Waals surface area contributed by atoms with Crippen molar-refractivity contribution in [2.45, 2.75) is 58.3 Å². The van der Waals surface area contributed by atoms with Gasteiger partial charge in [0.2, 0.25) is 5.91 Å². The van der Waals surface area contributed by atoms with Crippen molar-refractivity contribution in [1.82, 2.24) is 20.4 Å². The molecular weight excluding hydrogens is 465 g/mol. The molecule has 1 heterocycles. The first kappa shape index (κ1) is 25.5. The number of guanidine groups is 1. The van der Waals surface area contributed by atoms with Gasteiger partial charge in [0, 0.05) is 40.8 Å². The molecule has 0 bridgehead atoms. The van der Waals surface area contributed by atoms with Crippen LogP contribution < -0.4 is 10.6 Å². The third-order valence-electron chi connectivity index (χ3n) is 6.17. The second-order valence-electron chi connectivity index (χ2n) is 8.79. The summed E-state index contributed by atoms with van der Waals surface area (Å²) in [5, 5.41) is 6.84. The third-order valence-corrected chi connectivity index (χ3v) is 6.17. The lowest BCUT2D eigenvalue weighted by Crippen LogP contribution is -2.49. The molecule has 28 heavy (non-hydrogen) atoms. The Kier molecular flexibility index (Phi) is 11.7. The molecular formula is C21H42IN5O. The average molecular weight is 508 g/mol. The number of unbranched alkanes of at least 4 members (excludes halogenated alkanes) is 1. The van der Waals surface area contributed by atoms with Gasteiger partial charge in [-0.3, -0.25) is 9.79 Å². The number of hydrogen-bond donors (Lipinski definition) is 2. The molecule has 7 heteroatoms. The van der Waals surface area contributed by atoms with Crippen molar-refractivity contribution in [1.29, 1.82) is 0 Å². The van der Waals surface area contributed by atoms with Gasteiger partial charge in [0.15, 0.2) is 5.96 Å². The average Bonchev–Trinajstić information content (AvgIpc) is 3.13. The van der Waals surface area contributed by atoms with Crippen molar-refractivity contribution in [3.05, 3.63) is 0 Å². The predicted octanol–water partition coefficient (Wildman–Crippen LogP) is 2.93. The van der Waals surface area contributed by atoms with Crippen LogP contribution in [0.3, 0.4) is 0 Å². The second-order valence-corrected chi connectivity index (χ2v) is 8.79. The van der Waals surface area contributed by atoms with Crippen molar-refractivity contribution < 1.29 is 4.79 Å². The number of amides is 1. The predicted molar refractivity (Wildman–Crippen MR) is 128 cm³/mol. The van der Waals surface area contributed by atoms with Gasteiger partial charge in [-0.25, -0.2) is 0 Å². The summed E-state index contributed by atoms with van der Waals surface area (Å²) in [6, 6.07) is 0. The van der Waals surface area contributed by atoms with E-state index in [1.165, 1.54) is 38.9 Å². The summed E-state index contributed by atoms with van der Waals surface area (Å²) in [4.78, 5) is 21.4. The minimum atomic E-state index is -0.258. The lowest BCUT2D eigenvalue weighted by atomic mass is 9.84. The first-order valence-corrected chi connectivity index (χ1v) is 10.9. The van der Waals surface area contributed by atoms with Gasteiger partial charge >= 0.3 is 0 Å². The Labute approximate surface area is 189 Å². The lowest BCUT2D eigenvalue weighted by Gasteiger charge is -2.31. The van der Waals surface area contributed by atoms with Crippen LogP contribution in [-0.2, 0) is 4.79 Å². The Morgan fingerprint density at radius 2 is 1.89 bits per heavy atom. The van der Waals surface area contributed by atoms with Gasteiger partial charge in [0.25, 0.3) is 0 Å². The number of nitrogens with zero attached hydrogens (tertiary/aromatic N) is 3. The molecule has 0 radical (unpaired) electrons. The van der Waals surface area contributed by atoms with Crippen LogP contribution in [0.2, 0.25) is 0 Å². The molecule has 6 nitrogen and oxygen atoms in total.